The van der Waals surface area contributed by atoms with Crippen LogP contribution >= 0.6 is 11.8 Å². The van der Waals surface area contributed by atoms with Gasteiger partial charge in [-0.2, -0.15) is 13.2 Å². The van der Waals surface area contributed by atoms with Crippen LogP contribution in [-0.4, -0.2) is 31.4 Å². The van der Waals surface area contributed by atoms with Crippen molar-refractivity contribution in [2.45, 2.75) is 31.2 Å². The number of imidazole rings is 1. The second-order valence-electron chi connectivity index (χ2n) is 3.90. The van der Waals surface area contributed by atoms with Crippen LogP contribution in [0, 0.1) is 0 Å². The lowest BCUT2D eigenvalue weighted by Gasteiger charge is -2.08. The molecule has 0 saturated heterocycles. The van der Waals surface area contributed by atoms with Gasteiger partial charge in [-0.05, 0) is 6.42 Å². The van der Waals surface area contributed by atoms with Gasteiger partial charge in [-0.3, -0.25) is 0 Å². The fourth-order valence-corrected chi connectivity index (χ4v) is 2.21. The number of thioether (sulfide) groups is 1. The van der Waals surface area contributed by atoms with Crippen molar-refractivity contribution in [3.05, 3.63) is 6.33 Å². The molecule has 0 atom stereocenters. The molecule has 2 heterocycles. The normalized spacial score (nSPS) is 12.2. The Labute approximate surface area is 111 Å². The van der Waals surface area contributed by atoms with Crippen LogP contribution in [0.15, 0.2) is 11.5 Å². The Hall–Kier alpha value is -1.51. The SMILES string of the molecule is CCCSc1nc(N)c2ncn(CC(F)(F)F)c2n1. The third-order valence-electron chi connectivity index (χ3n) is 2.26. The number of anilines is 1. The lowest BCUT2D eigenvalue weighted by atomic mass is 10.5. The Kier molecular flexibility index (Phi) is 3.83. The zero-order valence-corrected chi connectivity index (χ0v) is 10.9. The molecule has 0 aliphatic heterocycles. The van der Waals surface area contributed by atoms with E-state index < -0.39 is 12.7 Å². The first-order valence-electron chi connectivity index (χ1n) is 5.58. The summed E-state index contributed by atoms with van der Waals surface area (Å²) in [6.07, 6.45) is -2.34. The van der Waals surface area contributed by atoms with Crippen LogP contribution in [0.4, 0.5) is 19.0 Å². The molecule has 0 fully saturated rings. The van der Waals surface area contributed by atoms with Crippen molar-refractivity contribution < 1.29 is 13.2 Å². The molecule has 0 spiro atoms. The molecular formula is C10H12F3N5S. The van der Waals surface area contributed by atoms with E-state index in [0.29, 0.717) is 5.16 Å². The Morgan fingerprint density at radius 1 is 1.37 bits per heavy atom. The number of hydrogen-bond donors (Lipinski definition) is 1. The highest BCUT2D eigenvalue weighted by Crippen LogP contribution is 2.24. The summed E-state index contributed by atoms with van der Waals surface area (Å²) < 4.78 is 38.2. The molecule has 9 heteroatoms. The Bertz CT molecular complexity index is 580. The van der Waals surface area contributed by atoms with E-state index in [1.54, 1.807) is 0 Å². The van der Waals surface area contributed by atoms with Crippen LogP contribution in [0.25, 0.3) is 11.2 Å². The van der Waals surface area contributed by atoms with Crippen molar-refractivity contribution in [1.29, 1.82) is 0 Å². The van der Waals surface area contributed by atoms with E-state index >= 15 is 0 Å². The summed E-state index contributed by atoms with van der Waals surface area (Å²) in [5, 5.41) is 0.371. The molecule has 0 radical (unpaired) electrons. The molecule has 2 aromatic rings. The first kappa shape index (κ1) is 13.9. The molecule has 2 rings (SSSR count). The number of nitrogens with zero attached hydrogens (tertiary/aromatic N) is 4. The summed E-state index contributed by atoms with van der Waals surface area (Å²) in [5.41, 5.74) is 6.00. The van der Waals surface area contributed by atoms with Gasteiger partial charge in [-0.25, -0.2) is 15.0 Å². The van der Waals surface area contributed by atoms with Gasteiger partial charge in [-0.15, -0.1) is 0 Å². The van der Waals surface area contributed by atoms with Gasteiger partial charge in [0.2, 0.25) is 0 Å². The van der Waals surface area contributed by atoms with Crippen molar-refractivity contribution in [1.82, 2.24) is 19.5 Å². The zero-order valence-electron chi connectivity index (χ0n) is 10.1. The Balaban J connectivity index is 2.41. The lowest BCUT2D eigenvalue weighted by molar-refractivity contribution is -0.140. The van der Waals surface area contributed by atoms with Gasteiger partial charge in [0.05, 0.1) is 6.33 Å². The highest BCUT2D eigenvalue weighted by atomic mass is 32.2. The molecule has 19 heavy (non-hydrogen) atoms. The van der Waals surface area contributed by atoms with Crippen LogP contribution in [0.2, 0.25) is 0 Å². The van der Waals surface area contributed by atoms with Crippen molar-refractivity contribution in [2.24, 2.45) is 0 Å². The van der Waals surface area contributed by atoms with E-state index in [9.17, 15) is 13.2 Å². The van der Waals surface area contributed by atoms with Gasteiger partial charge in [-0.1, -0.05) is 18.7 Å². The largest absolute Gasteiger partial charge is 0.406 e. The van der Waals surface area contributed by atoms with Gasteiger partial charge in [0, 0.05) is 5.75 Å². The maximum atomic E-state index is 12.4. The molecule has 0 aliphatic rings. The molecule has 5 nitrogen and oxygen atoms in total. The highest BCUT2D eigenvalue weighted by Gasteiger charge is 2.29. The summed E-state index contributed by atoms with van der Waals surface area (Å²) in [5.74, 6) is 0.878. The highest BCUT2D eigenvalue weighted by molar-refractivity contribution is 7.99. The monoisotopic (exact) mass is 291 g/mol. The first-order chi connectivity index (χ1) is 8.90. The van der Waals surface area contributed by atoms with Crippen molar-refractivity contribution in [3.8, 4) is 0 Å². The van der Waals surface area contributed by atoms with Crippen LogP contribution in [0.1, 0.15) is 13.3 Å². The fraction of sp³-hybridized carbons (Fsp3) is 0.500. The average Bonchev–Trinajstić information content (AvgIpc) is 2.68. The third-order valence-corrected chi connectivity index (χ3v) is 3.31. The number of nitrogens with two attached hydrogens (primary N) is 1. The summed E-state index contributed by atoms with van der Waals surface area (Å²) in [7, 11) is 0. The minimum Gasteiger partial charge on any atom is -0.382 e. The van der Waals surface area contributed by atoms with Gasteiger partial charge < -0.3 is 10.3 Å². The molecule has 104 valence electrons. The molecule has 0 unspecified atom stereocenters. The molecule has 0 saturated carbocycles. The average molecular weight is 291 g/mol. The quantitative estimate of drug-likeness (QED) is 0.692. The van der Waals surface area contributed by atoms with Crippen LogP contribution < -0.4 is 5.73 Å². The molecular weight excluding hydrogens is 279 g/mol. The third kappa shape index (κ3) is 3.28. The number of alkyl halides is 3. The van der Waals surface area contributed by atoms with Gasteiger partial charge >= 0.3 is 6.18 Å². The molecule has 2 aromatic heterocycles. The Morgan fingerprint density at radius 2 is 2.11 bits per heavy atom. The minimum atomic E-state index is -4.33. The first-order valence-corrected chi connectivity index (χ1v) is 6.57. The molecule has 2 N–H and O–H groups in total. The van der Waals surface area contributed by atoms with Crippen LogP contribution in [0.3, 0.4) is 0 Å². The second-order valence-corrected chi connectivity index (χ2v) is 4.96. The smallest absolute Gasteiger partial charge is 0.382 e. The summed E-state index contributed by atoms with van der Waals surface area (Å²) in [6, 6.07) is 0. The molecule has 0 aliphatic carbocycles. The predicted molar refractivity (Wildman–Crippen MR) is 66.8 cm³/mol. The van der Waals surface area contributed by atoms with Gasteiger partial charge in [0.1, 0.15) is 12.1 Å². The number of aromatic nitrogens is 4. The van der Waals surface area contributed by atoms with Crippen LogP contribution in [-0.2, 0) is 6.54 Å². The number of nitrogen functional groups attached to an aromatic ring is 1. The molecule has 0 bridgehead atoms. The summed E-state index contributed by atoms with van der Waals surface area (Å²) in [6.45, 7) is 0.848. The lowest BCUT2D eigenvalue weighted by Crippen LogP contribution is -2.17. The van der Waals surface area contributed by atoms with Crippen LogP contribution in [0.5, 0.6) is 0 Å². The maximum Gasteiger partial charge on any atom is 0.406 e. The maximum absolute atomic E-state index is 12.4. The molecule has 0 aromatic carbocycles. The topological polar surface area (TPSA) is 69.6 Å². The number of hydrogen-bond acceptors (Lipinski definition) is 5. The zero-order chi connectivity index (χ0) is 14.0. The minimum absolute atomic E-state index is 0.101. The van der Waals surface area contributed by atoms with Crippen molar-refractivity contribution in [2.75, 3.05) is 11.5 Å². The standard InChI is InChI=1S/C10H12F3N5S/c1-2-3-19-9-16-7(14)6-8(17-9)18(5-15-6)4-10(11,12)13/h5H,2-4H2,1H3,(H2,14,16,17). The van der Waals surface area contributed by atoms with Gasteiger partial charge in [0.15, 0.2) is 16.6 Å². The second kappa shape index (κ2) is 5.24. The molecule has 0 amide bonds. The van der Waals surface area contributed by atoms with E-state index in [-0.39, 0.29) is 17.0 Å². The van der Waals surface area contributed by atoms with E-state index in [0.717, 1.165) is 23.1 Å². The van der Waals surface area contributed by atoms with E-state index in [4.69, 9.17) is 5.73 Å². The van der Waals surface area contributed by atoms with E-state index in [1.165, 1.54) is 11.8 Å². The van der Waals surface area contributed by atoms with Gasteiger partial charge in [0.25, 0.3) is 0 Å². The number of fused-ring (bicyclic) bond motifs is 1. The fourth-order valence-electron chi connectivity index (χ4n) is 1.51. The number of rotatable bonds is 4. The van der Waals surface area contributed by atoms with E-state index in [2.05, 4.69) is 15.0 Å². The Morgan fingerprint density at radius 3 is 2.74 bits per heavy atom. The number of halogens is 3. The van der Waals surface area contributed by atoms with E-state index in [1.807, 2.05) is 6.92 Å². The summed E-state index contributed by atoms with van der Waals surface area (Å²) >= 11 is 1.35. The predicted octanol–water partition coefficient (Wildman–Crippen LogP) is 2.47. The summed E-state index contributed by atoms with van der Waals surface area (Å²) in [4.78, 5) is 11.9. The van der Waals surface area contributed by atoms with Crippen molar-refractivity contribution >= 4 is 28.7 Å². The van der Waals surface area contributed by atoms with Crippen molar-refractivity contribution in [3.63, 3.8) is 0 Å².